The Morgan fingerprint density at radius 1 is 1.67 bits per heavy atom. The van der Waals surface area contributed by atoms with Crippen molar-refractivity contribution >= 4 is 5.97 Å². The number of hydrogen-bond acceptors (Lipinski definition) is 3. The predicted molar refractivity (Wildman–Crippen MR) is 45.9 cm³/mol. The molecule has 1 fully saturated rings. The van der Waals surface area contributed by atoms with E-state index in [-0.39, 0.29) is 18.1 Å². The zero-order chi connectivity index (χ0) is 9.78. The lowest BCUT2D eigenvalue weighted by Crippen LogP contribution is -2.26. The highest BCUT2D eigenvalue weighted by Gasteiger charge is 2.24. The standard InChI is InChI=1S/C4H11N.C4H6O3/c1-4(2,3)5;5-4(6)1-3-2-7-3/h5H2,1-3H3;3H,1-2H2,(H,5,6). The van der Waals surface area contributed by atoms with Gasteiger partial charge in [0.2, 0.25) is 0 Å². The number of epoxide rings is 1. The Balaban J connectivity index is 0.000000217. The maximum atomic E-state index is 9.77. The first-order valence-corrected chi connectivity index (χ1v) is 3.91. The molecule has 0 aromatic rings. The first kappa shape index (κ1) is 11.4. The minimum atomic E-state index is -0.775. The van der Waals surface area contributed by atoms with Gasteiger partial charge in [0.05, 0.1) is 19.1 Å². The molecule has 0 spiro atoms. The highest BCUT2D eigenvalue weighted by molar-refractivity contribution is 5.67. The molecule has 0 radical (unpaired) electrons. The summed E-state index contributed by atoms with van der Waals surface area (Å²) in [5.41, 5.74) is 5.35. The summed E-state index contributed by atoms with van der Waals surface area (Å²) in [4.78, 5) is 9.77. The van der Waals surface area contributed by atoms with Crippen LogP contribution in [0.4, 0.5) is 0 Å². The summed E-state index contributed by atoms with van der Waals surface area (Å²) in [6.45, 7) is 6.53. The van der Waals surface area contributed by atoms with Crippen molar-refractivity contribution in [3.8, 4) is 0 Å². The molecule has 0 aromatic heterocycles. The summed E-state index contributed by atoms with van der Waals surface area (Å²) in [7, 11) is 0. The van der Waals surface area contributed by atoms with Crippen LogP contribution in [0.15, 0.2) is 0 Å². The molecule has 72 valence electrons. The van der Waals surface area contributed by atoms with Gasteiger partial charge < -0.3 is 15.6 Å². The summed E-state index contributed by atoms with van der Waals surface area (Å²) in [6.07, 6.45) is 0.192. The third kappa shape index (κ3) is 16.2. The molecule has 4 nitrogen and oxygen atoms in total. The third-order valence-corrected chi connectivity index (χ3v) is 0.805. The van der Waals surface area contributed by atoms with E-state index in [1.807, 2.05) is 20.8 Å². The molecule has 1 aliphatic heterocycles. The zero-order valence-electron chi connectivity index (χ0n) is 7.83. The first-order chi connectivity index (χ1) is 5.29. The molecule has 1 heterocycles. The van der Waals surface area contributed by atoms with E-state index < -0.39 is 5.97 Å². The number of aliphatic carboxylic acids is 1. The van der Waals surface area contributed by atoms with Crippen molar-refractivity contribution in [3.05, 3.63) is 0 Å². The smallest absolute Gasteiger partial charge is 0.306 e. The van der Waals surface area contributed by atoms with Crippen molar-refractivity contribution in [1.82, 2.24) is 0 Å². The molecule has 1 aliphatic rings. The van der Waals surface area contributed by atoms with Crippen LogP contribution in [0.5, 0.6) is 0 Å². The van der Waals surface area contributed by atoms with Gasteiger partial charge in [-0.05, 0) is 20.8 Å². The normalized spacial score (nSPS) is 20.8. The summed E-state index contributed by atoms with van der Waals surface area (Å²) in [5, 5.41) is 8.04. The maximum absolute atomic E-state index is 9.77. The van der Waals surface area contributed by atoms with E-state index in [0.717, 1.165) is 0 Å². The molecule has 1 saturated heterocycles. The van der Waals surface area contributed by atoms with Crippen molar-refractivity contribution in [3.63, 3.8) is 0 Å². The highest BCUT2D eigenvalue weighted by atomic mass is 16.6. The topological polar surface area (TPSA) is 75.9 Å². The summed E-state index contributed by atoms with van der Waals surface area (Å²) in [5.74, 6) is -0.775. The molecule has 1 atom stereocenters. The van der Waals surface area contributed by atoms with Crippen LogP contribution in [0.2, 0.25) is 0 Å². The Morgan fingerprint density at radius 3 is 2.08 bits per heavy atom. The van der Waals surface area contributed by atoms with Gasteiger partial charge in [0.1, 0.15) is 0 Å². The van der Waals surface area contributed by atoms with E-state index in [4.69, 9.17) is 10.8 Å². The van der Waals surface area contributed by atoms with Crippen LogP contribution in [0, 0.1) is 0 Å². The Hall–Kier alpha value is -0.610. The quantitative estimate of drug-likeness (QED) is 0.603. The number of carboxylic acids is 1. The lowest BCUT2D eigenvalue weighted by Gasteiger charge is -2.06. The van der Waals surface area contributed by atoms with E-state index in [1.54, 1.807) is 0 Å². The fourth-order valence-corrected chi connectivity index (χ4v) is 0.381. The van der Waals surface area contributed by atoms with Crippen molar-refractivity contribution < 1.29 is 14.6 Å². The minimum absolute atomic E-state index is 0. The Kier molecular flexibility index (Phi) is 4.20. The van der Waals surface area contributed by atoms with Gasteiger partial charge >= 0.3 is 5.97 Å². The molecular weight excluding hydrogens is 158 g/mol. The molecule has 1 unspecified atom stereocenters. The Morgan fingerprint density at radius 2 is 2.00 bits per heavy atom. The molecule has 0 bridgehead atoms. The van der Waals surface area contributed by atoms with Crippen LogP contribution in [-0.4, -0.2) is 29.3 Å². The minimum Gasteiger partial charge on any atom is -0.481 e. The molecule has 0 amide bonds. The van der Waals surface area contributed by atoms with Gasteiger partial charge in [0, 0.05) is 5.54 Å². The van der Waals surface area contributed by atoms with Gasteiger partial charge in [-0.3, -0.25) is 4.79 Å². The molecule has 3 N–H and O–H groups in total. The van der Waals surface area contributed by atoms with Crippen LogP contribution in [0.25, 0.3) is 0 Å². The van der Waals surface area contributed by atoms with Crippen molar-refractivity contribution in [2.24, 2.45) is 5.73 Å². The second-order valence-corrected chi connectivity index (χ2v) is 3.92. The molecule has 0 aromatic carbocycles. The Bertz CT molecular complexity index is 141. The Labute approximate surface area is 72.7 Å². The van der Waals surface area contributed by atoms with Crippen LogP contribution < -0.4 is 5.73 Å². The van der Waals surface area contributed by atoms with Crippen LogP contribution >= 0.6 is 0 Å². The lowest BCUT2D eigenvalue weighted by atomic mass is 10.1. The number of ether oxygens (including phenoxy) is 1. The van der Waals surface area contributed by atoms with Crippen molar-refractivity contribution in [2.45, 2.75) is 38.8 Å². The number of carboxylic acid groups (broad SMARTS) is 1. The van der Waals surface area contributed by atoms with Crippen molar-refractivity contribution in [1.29, 1.82) is 0 Å². The van der Waals surface area contributed by atoms with Gasteiger partial charge in [-0.2, -0.15) is 0 Å². The number of hydrogen-bond donors (Lipinski definition) is 2. The molecule has 0 saturated carbocycles. The van der Waals surface area contributed by atoms with Gasteiger partial charge in [-0.1, -0.05) is 0 Å². The summed E-state index contributed by atoms with van der Waals surface area (Å²) < 4.78 is 4.64. The van der Waals surface area contributed by atoms with E-state index in [9.17, 15) is 4.79 Å². The zero-order valence-corrected chi connectivity index (χ0v) is 7.83. The number of rotatable bonds is 2. The third-order valence-electron chi connectivity index (χ3n) is 0.805. The van der Waals surface area contributed by atoms with Crippen molar-refractivity contribution in [2.75, 3.05) is 6.61 Å². The summed E-state index contributed by atoms with van der Waals surface area (Å²) >= 11 is 0. The second kappa shape index (κ2) is 4.42. The second-order valence-electron chi connectivity index (χ2n) is 3.92. The van der Waals surface area contributed by atoms with Crippen LogP contribution in [-0.2, 0) is 9.53 Å². The molecule has 12 heavy (non-hydrogen) atoms. The van der Waals surface area contributed by atoms with E-state index in [1.165, 1.54) is 0 Å². The van der Waals surface area contributed by atoms with Gasteiger partial charge in [0.25, 0.3) is 0 Å². The average Bonchev–Trinajstić information content (AvgIpc) is 2.41. The summed E-state index contributed by atoms with van der Waals surface area (Å²) in [6, 6.07) is 0. The van der Waals surface area contributed by atoms with E-state index in [0.29, 0.717) is 6.61 Å². The predicted octanol–water partition coefficient (Wildman–Crippen LogP) is 0.603. The van der Waals surface area contributed by atoms with Gasteiger partial charge in [-0.25, -0.2) is 0 Å². The monoisotopic (exact) mass is 175 g/mol. The van der Waals surface area contributed by atoms with E-state index >= 15 is 0 Å². The lowest BCUT2D eigenvalue weighted by molar-refractivity contribution is -0.137. The fourth-order valence-electron chi connectivity index (χ4n) is 0.381. The first-order valence-electron chi connectivity index (χ1n) is 3.91. The molecule has 4 heteroatoms. The highest BCUT2D eigenvalue weighted by Crippen LogP contribution is 2.12. The average molecular weight is 175 g/mol. The number of nitrogens with two attached hydrogens (primary N) is 1. The van der Waals surface area contributed by atoms with E-state index in [2.05, 4.69) is 4.74 Å². The SMILES string of the molecule is CC(C)(C)N.O=C(O)CC1CO1. The molecular formula is C8H17NO3. The molecule has 0 aliphatic carbocycles. The fraction of sp³-hybridized carbons (Fsp3) is 0.875. The number of carbonyl (C=O) groups is 1. The largest absolute Gasteiger partial charge is 0.481 e. The van der Waals surface area contributed by atoms with Crippen LogP contribution in [0.3, 0.4) is 0 Å². The maximum Gasteiger partial charge on any atom is 0.306 e. The molecule has 1 rings (SSSR count). The van der Waals surface area contributed by atoms with Gasteiger partial charge in [-0.15, -0.1) is 0 Å². The van der Waals surface area contributed by atoms with Gasteiger partial charge in [0.15, 0.2) is 0 Å². The van der Waals surface area contributed by atoms with Crippen LogP contribution in [0.1, 0.15) is 27.2 Å².